The van der Waals surface area contributed by atoms with Gasteiger partial charge in [-0.1, -0.05) is 19.9 Å². The molecule has 0 aliphatic carbocycles. The summed E-state index contributed by atoms with van der Waals surface area (Å²) >= 11 is 0. The quantitative estimate of drug-likeness (QED) is 0.391. The van der Waals surface area contributed by atoms with Crippen molar-refractivity contribution in [2.45, 2.75) is 26.3 Å². The average molecular weight is 243 g/mol. The Morgan fingerprint density at radius 2 is 2.06 bits per heavy atom. The molecule has 0 heterocycles. The van der Waals surface area contributed by atoms with E-state index in [1.54, 1.807) is 19.9 Å². The Morgan fingerprint density at radius 3 is 2.53 bits per heavy atom. The SMILES string of the molecule is C=CCOCC[C@H](NC(=O)C(C)C)C(=O)OC. The van der Waals surface area contributed by atoms with Gasteiger partial charge in [-0.15, -0.1) is 6.58 Å². The van der Waals surface area contributed by atoms with Crippen molar-refractivity contribution in [3.05, 3.63) is 12.7 Å². The van der Waals surface area contributed by atoms with E-state index in [9.17, 15) is 9.59 Å². The molecule has 98 valence electrons. The molecule has 0 radical (unpaired) electrons. The van der Waals surface area contributed by atoms with E-state index in [4.69, 9.17) is 4.74 Å². The molecule has 5 heteroatoms. The molecule has 1 amide bonds. The van der Waals surface area contributed by atoms with Gasteiger partial charge in [0.05, 0.1) is 13.7 Å². The number of ether oxygens (including phenoxy) is 2. The van der Waals surface area contributed by atoms with Gasteiger partial charge in [-0.25, -0.2) is 4.79 Å². The van der Waals surface area contributed by atoms with Gasteiger partial charge in [0, 0.05) is 18.9 Å². The van der Waals surface area contributed by atoms with Crippen molar-refractivity contribution in [3.63, 3.8) is 0 Å². The summed E-state index contributed by atoms with van der Waals surface area (Å²) < 4.78 is 9.79. The summed E-state index contributed by atoms with van der Waals surface area (Å²) in [6, 6.07) is -0.653. The minimum Gasteiger partial charge on any atom is -0.467 e. The lowest BCUT2D eigenvalue weighted by atomic mass is 10.1. The van der Waals surface area contributed by atoms with Crippen molar-refractivity contribution < 1.29 is 19.1 Å². The Balaban J connectivity index is 4.19. The fraction of sp³-hybridized carbons (Fsp3) is 0.667. The smallest absolute Gasteiger partial charge is 0.328 e. The van der Waals surface area contributed by atoms with Gasteiger partial charge in [-0.2, -0.15) is 0 Å². The van der Waals surface area contributed by atoms with E-state index >= 15 is 0 Å². The highest BCUT2D eigenvalue weighted by Crippen LogP contribution is 2.00. The fourth-order valence-corrected chi connectivity index (χ4v) is 1.10. The zero-order chi connectivity index (χ0) is 13.3. The molecule has 0 unspecified atom stereocenters. The maximum atomic E-state index is 11.5. The molecular weight excluding hydrogens is 222 g/mol. The number of carbonyl (C=O) groups is 2. The highest BCUT2D eigenvalue weighted by atomic mass is 16.5. The standard InChI is InChI=1S/C12H21NO4/c1-5-7-17-8-6-10(12(15)16-4)13-11(14)9(2)3/h5,9-10H,1,6-8H2,2-4H3,(H,13,14)/t10-/m0/s1. The number of methoxy groups -OCH3 is 1. The molecule has 0 bridgehead atoms. The lowest BCUT2D eigenvalue weighted by Gasteiger charge is -2.17. The van der Waals surface area contributed by atoms with Crippen LogP contribution in [-0.4, -0.2) is 38.2 Å². The Labute approximate surface area is 102 Å². The first-order valence-corrected chi connectivity index (χ1v) is 5.59. The van der Waals surface area contributed by atoms with Crippen LogP contribution in [-0.2, 0) is 19.1 Å². The molecule has 0 aromatic carbocycles. The second-order valence-electron chi connectivity index (χ2n) is 3.89. The Hall–Kier alpha value is -1.36. The van der Waals surface area contributed by atoms with Crippen molar-refractivity contribution >= 4 is 11.9 Å². The third-order valence-electron chi connectivity index (χ3n) is 2.11. The number of carbonyl (C=O) groups excluding carboxylic acids is 2. The van der Waals surface area contributed by atoms with E-state index < -0.39 is 12.0 Å². The third kappa shape index (κ3) is 6.73. The van der Waals surface area contributed by atoms with Crippen molar-refractivity contribution in [2.24, 2.45) is 5.92 Å². The zero-order valence-corrected chi connectivity index (χ0v) is 10.7. The third-order valence-corrected chi connectivity index (χ3v) is 2.11. The van der Waals surface area contributed by atoms with Gasteiger partial charge < -0.3 is 14.8 Å². The molecule has 1 atom stereocenters. The number of esters is 1. The molecule has 0 fully saturated rings. The second-order valence-corrected chi connectivity index (χ2v) is 3.89. The predicted molar refractivity (Wildman–Crippen MR) is 64.4 cm³/mol. The van der Waals surface area contributed by atoms with Crippen LogP contribution in [0.3, 0.4) is 0 Å². The molecule has 0 aromatic heterocycles. The maximum absolute atomic E-state index is 11.5. The molecule has 1 N–H and O–H groups in total. The Bertz CT molecular complexity index is 263. The van der Waals surface area contributed by atoms with E-state index in [2.05, 4.69) is 16.6 Å². The number of hydrogen-bond acceptors (Lipinski definition) is 4. The summed E-state index contributed by atoms with van der Waals surface area (Å²) in [5.74, 6) is -0.804. The summed E-state index contributed by atoms with van der Waals surface area (Å²) in [5, 5.41) is 2.62. The molecule has 0 saturated carbocycles. The molecule has 0 saturated heterocycles. The van der Waals surface area contributed by atoms with Gasteiger partial charge in [0.2, 0.25) is 5.91 Å². The van der Waals surface area contributed by atoms with Gasteiger partial charge in [-0.3, -0.25) is 4.79 Å². The number of nitrogens with one attached hydrogen (secondary N) is 1. The summed E-state index contributed by atoms with van der Waals surface area (Å²) in [6.07, 6.45) is 2.01. The lowest BCUT2D eigenvalue weighted by molar-refractivity contribution is -0.146. The highest BCUT2D eigenvalue weighted by molar-refractivity contribution is 5.85. The van der Waals surface area contributed by atoms with Crippen molar-refractivity contribution in [3.8, 4) is 0 Å². The van der Waals surface area contributed by atoms with E-state index in [1.807, 2.05) is 0 Å². The van der Waals surface area contributed by atoms with E-state index in [1.165, 1.54) is 7.11 Å². The van der Waals surface area contributed by atoms with Crippen LogP contribution in [0.4, 0.5) is 0 Å². The average Bonchev–Trinajstić information content (AvgIpc) is 2.31. The van der Waals surface area contributed by atoms with Gasteiger partial charge in [0.25, 0.3) is 0 Å². The van der Waals surface area contributed by atoms with Gasteiger partial charge in [-0.05, 0) is 0 Å². The second kappa shape index (κ2) is 8.75. The van der Waals surface area contributed by atoms with Crippen molar-refractivity contribution in [1.29, 1.82) is 0 Å². The van der Waals surface area contributed by atoms with E-state index in [-0.39, 0.29) is 11.8 Å². The van der Waals surface area contributed by atoms with Crippen LogP contribution in [0.2, 0.25) is 0 Å². The first-order valence-electron chi connectivity index (χ1n) is 5.59. The summed E-state index contributed by atoms with van der Waals surface area (Å²) in [6.45, 7) is 7.83. The molecular formula is C12H21NO4. The molecule has 5 nitrogen and oxygen atoms in total. The summed E-state index contributed by atoms with van der Waals surface area (Å²) in [7, 11) is 1.29. The van der Waals surface area contributed by atoms with E-state index in [0.29, 0.717) is 19.6 Å². The van der Waals surface area contributed by atoms with Crippen molar-refractivity contribution in [1.82, 2.24) is 5.32 Å². The zero-order valence-electron chi connectivity index (χ0n) is 10.7. The van der Waals surface area contributed by atoms with Crippen LogP contribution in [0.25, 0.3) is 0 Å². The molecule has 0 spiro atoms. The topological polar surface area (TPSA) is 64.6 Å². The molecule has 0 aliphatic heterocycles. The minimum absolute atomic E-state index is 0.170. The first kappa shape index (κ1) is 15.6. The number of amides is 1. The Kier molecular flexibility index (Phi) is 8.05. The van der Waals surface area contributed by atoms with Gasteiger partial charge >= 0.3 is 5.97 Å². The van der Waals surface area contributed by atoms with Crippen LogP contribution >= 0.6 is 0 Å². The highest BCUT2D eigenvalue weighted by Gasteiger charge is 2.22. The molecule has 0 aromatic rings. The van der Waals surface area contributed by atoms with Gasteiger partial charge in [0.1, 0.15) is 6.04 Å². The van der Waals surface area contributed by atoms with Gasteiger partial charge in [0.15, 0.2) is 0 Å². The molecule has 17 heavy (non-hydrogen) atoms. The Morgan fingerprint density at radius 1 is 1.41 bits per heavy atom. The lowest BCUT2D eigenvalue weighted by Crippen LogP contribution is -2.43. The van der Waals surface area contributed by atoms with Crippen molar-refractivity contribution in [2.75, 3.05) is 20.3 Å². The molecule has 0 aliphatic rings. The van der Waals surface area contributed by atoms with Crippen LogP contribution in [0.1, 0.15) is 20.3 Å². The van der Waals surface area contributed by atoms with Crippen LogP contribution < -0.4 is 5.32 Å². The fourth-order valence-electron chi connectivity index (χ4n) is 1.10. The van der Waals surface area contributed by atoms with Crippen LogP contribution in [0.15, 0.2) is 12.7 Å². The summed E-state index contributed by atoms with van der Waals surface area (Å²) in [4.78, 5) is 22.9. The first-order chi connectivity index (χ1) is 8.02. The number of hydrogen-bond donors (Lipinski definition) is 1. The predicted octanol–water partition coefficient (Wildman–Crippen LogP) is 0.893. The minimum atomic E-state index is -0.653. The van der Waals surface area contributed by atoms with Crippen LogP contribution in [0.5, 0.6) is 0 Å². The summed E-state index contributed by atoms with van der Waals surface area (Å²) in [5.41, 5.74) is 0. The van der Waals surface area contributed by atoms with Crippen LogP contribution in [0, 0.1) is 5.92 Å². The maximum Gasteiger partial charge on any atom is 0.328 e. The number of rotatable bonds is 8. The normalized spacial score (nSPS) is 12.0. The van der Waals surface area contributed by atoms with E-state index in [0.717, 1.165) is 0 Å². The largest absolute Gasteiger partial charge is 0.467 e. The monoisotopic (exact) mass is 243 g/mol. The molecule has 0 rings (SSSR count).